The molecule has 3 rings (SSSR count). The Morgan fingerprint density at radius 3 is 1.85 bits per heavy atom. The molecule has 0 aromatic heterocycles. The van der Waals surface area contributed by atoms with Crippen molar-refractivity contribution in [1.82, 2.24) is 0 Å². The van der Waals surface area contributed by atoms with Gasteiger partial charge in [0.05, 0.1) is 0 Å². The zero-order valence-corrected chi connectivity index (χ0v) is 21.4. The van der Waals surface area contributed by atoms with Gasteiger partial charge in [0.25, 0.3) is 0 Å². The van der Waals surface area contributed by atoms with E-state index in [9.17, 15) is 14.4 Å². The SMILES string of the molecule is CCCC1CCC(C(=O)Nc2cc(C(N)=O)c(C3CCC(C(C)(C)C)CC3)c(C(N)=O)c2)CC1. The van der Waals surface area contributed by atoms with Crippen LogP contribution in [0.25, 0.3) is 0 Å². The van der Waals surface area contributed by atoms with E-state index in [1.807, 2.05) is 0 Å². The highest BCUT2D eigenvalue weighted by molar-refractivity contribution is 6.04. The topological polar surface area (TPSA) is 115 Å². The Morgan fingerprint density at radius 2 is 1.41 bits per heavy atom. The van der Waals surface area contributed by atoms with E-state index in [1.165, 1.54) is 12.8 Å². The lowest BCUT2D eigenvalue weighted by atomic mass is 9.67. The highest BCUT2D eigenvalue weighted by Gasteiger charge is 2.34. The average Bonchev–Trinajstić information content (AvgIpc) is 2.78. The maximum Gasteiger partial charge on any atom is 0.249 e. The third-order valence-corrected chi connectivity index (χ3v) is 8.25. The molecule has 1 aromatic rings. The number of hydrogen-bond donors (Lipinski definition) is 3. The number of amides is 3. The van der Waals surface area contributed by atoms with Crippen molar-refractivity contribution in [2.45, 2.75) is 97.8 Å². The van der Waals surface area contributed by atoms with Crippen LogP contribution in [0.4, 0.5) is 5.69 Å². The lowest BCUT2D eigenvalue weighted by Gasteiger charge is -2.38. The van der Waals surface area contributed by atoms with Crippen molar-refractivity contribution in [2.75, 3.05) is 5.32 Å². The lowest BCUT2D eigenvalue weighted by molar-refractivity contribution is -0.121. The first-order chi connectivity index (χ1) is 16.0. The number of benzene rings is 1. The normalized spacial score (nSPS) is 25.5. The Balaban J connectivity index is 1.81. The number of carbonyl (C=O) groups excluding carboxylic acids is 3. The molecule has 0 unspecified atom stereocenters. The second kappa shape index (κ2) is 10.9. The second-order valence-corrected chi connectivity index (χ2v) is 11.6. The van der Waals surface area contributed by atoms with Gasteiger partial charge in [-0.3, -0.25) is 14.4 Å². The molecule has 2 aliphatic carbocycles. The number of hydrogen-bond acceptors (Lipinski definition) is 3. The molecule has 0 heterocycles. The molecule has 5 N–H and O–H groups in total. The van der Waals surface area contributed by atoms with Gasteiger partial charge in [0.15, 0.2) is 0 Å². The molecular weight excluding hydrogens is 426 g/mol. The Morgan fingerprint density at radius 1 is 0.882 bits per heavy atom. The molecule has 0 spiro atoms. The van der Waals surface area contributed by atoms with Crippen LogP contribution in [0.15, 0.2) is 12.1 Å². The molecule has 0 saturated heterocycles. The minimum atomic E-state index is -0.591. The molecule has 0 radical (unpaired) electrons. The highest BCUT2D eigenvalue weighted by atomic mass is 16.2. The number of anilines is 1. The maximum absolute atomic E-state index is 13.0. The Labute approximate surface area is 204 Å². The molecular formula is C28H43N3O3. The highest BCUT2D eigenvalue weighted by Crippen LogP contribution is 2.45. The third kappa shape index (κ3) is 6.19. The third-order valence-electron chi connectivity index (χ3n) is 8.25. The summed E-state index contributed by atoms with van der Waals surface area (Å²) in [6.07, 6.45) is 10.1. The van der Waals surface area contributed by atoms with Gasteiger partial charge in [0.2, 0.25) is 17.7 Å². The Kier molecular flexibility index (Phi) is 8.43. The predicted octanol–water partition coefficient (Wildman–Crippen LogP) is 5.75. The van der Waals surface area contributed by atoms with Crippen molar-refractivity contribution in [3.8, 4) is 0 Å². The number of nitrogens with two attached hydrogens (primary N) is 2. The van der Waals surface area contributed by atoms with Crippen LogP contribution in [0.2, 0.25) is 0 Å². The Bertz CT molecular complexity index is 867. The van der Waals surface area contributed by atoms with Crippen LogP contribution in [0.3, 0.4) is 0 Å². The number of primary amides is 2. The molecule has 6 heteroatoms. The van der Waals surface area contributed by atoms with E-state index in [0.717, 1.165) is 51.4 Å². The molecule has 2 fully saturated rings. The summed E-state index contributed by atoms with van der Waals surface area (Å²) in [5.74, 6) is 0.0857. The van der Waals surface area contributed by atoms with E-state index in [4.69, 9.17) is 11.5 Å². The molecule has 2 saturated carbocycles. The molecule has 0 atom stereocenters. The van der Waals surface area contributed by atoms with E-state index in [1.54, 1.807) is 12.1 Å². The Hall–Kier alpha value is -2.37. The zero-order valence-electron chi connectivity index (χ0n) is 21.4. The van der Waals surface area contributed by atoms with Gasteiger partial charge < -0.3 is 16.8 Å². The van der Waals surface area contributed by atoms with Crippen LogP contribution in [-0.2, 0) is 4.79 Å². The van der Waals surface area contributed by atoms with E-state index in [-0.39, 0.29) is 23.2 Å². The van der Waals surface area contributed by atoms with Gasteiger partial charge in [-0.2, -0.15) is 0 Å². The van der Waals surface area contributed by atoms with Gasteiger partial charge in [-0.05, 0) is 92.2 Å². The van der Waals surface area contributed by atoms with Crippen LogP contribution in [-0.4, -0.2) is 17.7 Å². The van der Waals surface area contributed by atoms with E-state index in [2.05, 4.69) is 33.0 Å². The maximum atomic E-state index is 13.0. The largest absolute Gasteiger partial charge is 0.366 e. The van der Waals surface area contributed by atoms with Gasteiger partial charge in [-0.25, -0.2) is 0 Å². The summed E-state index contributed by atoms with van der Waals surface area (Å²) < 4.78 is 0. The van der Waals surface area contributed by atoms with Crippen molar-refractivity contribution >= 4 is 23.4 Å². The summed E-state index contributed by atoms with van der Waals surface area (Å²) >= 11 is 0. The molecule has 34 heavy (non-hydrogen) atoms. The van der Waals surface area contributed by atoms with Gasteiger partial charge >= 0.3 is 0 Å². The minimum absolute atomic E-state index is 0.0467. The van der Waals surface area contributed by atoms with Crippen LogP contribution in [0.1, 0.15) is 124 Å². The van der Waals surface area contributed by atoms with Gasteiger partial charge in [0.1, 0.15) is 0 Å². The molecule has 0 bridgehead atoms. The first-order valence-corrected chi connectivity index (χ1v) is 13.1. The average molecular weight is 470 g/mol. The van der Waals surface area contributed by atoms with Crippen molar-refractivity contribution in [3.63, 3.8) is 0 Å². The van der Waals surface area contributed by atoms with Crippen LogP contribution >= 0.6 is 0 Å². The molecule has 188 valence electrons. The van der Waals surface area contributed by atoms with Crippen molar-refractivity contribution in [3.05, 3.63) is 28.8 Å². The predicted molar refractivity (Wildman–Crippen MR) is 137 cm³/mol. The van der Waals surface area contributed by atoms with E-state index >= 15 is 0 Å². The second-order valence-electron chi connectivity index (χ2n) is 11.6. The molecule has 1 aromatic carbocycles. The lowest BCUT2D eigenvalue weighted by Crippen LogP contribution is -2.29. The van der Waals surface area contributed by atoms with Crippen LogP contribution in [0, 0.1) is 23.2 Å². The fourth-order valence-corrected chi connectivity index (χ4v) is 6.19. The first-order valence-electron chi connectivity index (χ1n) is 13.1. The van der Waals surface area contributed by atoms with Gasteiger partial charge in [-0.15, -0.1) is 0 Å². The van der Waals surface area contributed by atoms with Crippen LogP contribution < -0.4 is 16.8 Å². The fourth-order valence-electron chi connectivity index (χ4n) is 6.19. The van der Waals surface area contributed by atoms with Crippen molar-refractivity contribution in [2.24, 2.45) is 34.6 Å². The first kappa shape index (κ1) is 26.2. The monoisotopic (exact) mass is 469 g/mol. The minimum Gasteiger partial charge on any atom is -0.366 e. The van der Waals surface area contributed by atoms with Crippen molar-refractivity contribution < 1.29 is 14.4 Å². The number of carbonyl (C=O) groups is 3. The molecule has 0 aliphatic heterocycles. The fraction of sp³-hybridized carbons (Fsp3) is 0.679. The zero-order chi connectivity index (χ0) is 25.0. The molecule has 6 nitrogen and oxygen atoms in total. The van der Waals surface area contributed by atoms with E-state index in [0.29, 0.717) is 34.2 Å². The quantitative estimate of drug-likeness (QED) is 0.472. The summed E-state index contributed by atoms with van der Waals surface area (Å²) in [5.41, 5.74) is 13.5. The summed E-state index contributed by atoms with van der Waals surface area (Å²) in [4.78, 5) is 37.9. The van der Waals surface area contributed by atoms with Crippen LogP contribution in [0.5, 0.6) is 0 Å². The smallest absolute Gasteiger partial charge is 0.249 e. The van der Waals surface area contributed by atoms with Gasteiger partial charge in [-0.1, -0.05) is 40.5 Å². The summed E-state index contributed by atoms with van der Waals surface area (Å²) in [7, 11) is 0. The summed E-state index contributed by atoms with van der Waals surface area (Å²) in [6.45, 7) is 8.98. The standard InChI is InChI=1S/C28H43N3O3/c1-5-6-17-7-9-19(10-8-17)27(34)31-21-15-22(25(29)32)24(23(16-21)26(30)33)18-11-13-20(14-12-18)28(2,3)4/h15-20H,5-14H2,1-4H3,(H2,29,32)(H2,30,33)(H,31,34). The van der Waals surface area contributed by atoms with E-state index < -0.39 is 11.8 Å². The molecule has 2 aliphatic rings. The molecule has 3 amide bonds. The number of nitrogens with one attached hydrogen (secondary N) is 1. The summed E-state index contributed by atoms with van der Waals surface area (Å²) in [6, 6.07) is 3.28. The summed E-state index contributed by atoms with van der Waals surface area (Å²) in [5, 5.41) is 2.95. The van der Waals surface area contributed by atoms with Crippen molar-refractivity contribution in [1.29, 1.82) is 0 Å². The number of rotatable bonds is 7. The van der Waals surface area contributed by atoms with Gasteiger partial charge in [0, 0.05) is 22.7 Å².